The van der Waals surface area contributed by atoms with E-state index in [2.05, 4.69) is 15.3 Å². The largest absolute Gasteiger partial charge is 0.324 e. The van der Waals surface area contributed by atoms with Crippen LogP contribution >= 0.6 is 0 Å². The lowest BCUT2D eigenvalue weighted by Gasteiger charge is -2.33. The first-order chi connectivity index (χ1) is 13.0. The molecule has 1 aliphatic rings. The summed E-state index contributed by atoms with van der Waals surface area (Å²) in [6, 6.07) is 8.16. The van der Waals surface area contributed by atoms with Gasteiger partial charge in [0.25, 0.3) is 0 Å². The summed E-state index contributed by atoms with van der Waals surface area (Å²) in [5.41, 5.74) is 1.78. The summed E-state index contributed by atoms with van der Waals surface area (Å²) in [7, 11) is 0. The van der Waals surface area contributed by atoms with Crippen molar-refractivity contribution in [2.45, 2.75) is 18.8 Å². The highest BCUT2D eigenvalue weighted by Crippen LogP contribution is 2.29. The molecule has 1 aromatic heterocycles. The second kappa shape index (κ2) is 6.86. The number of hydrogen-bond acceptors (Lipinski definition) is 2. The zero-order chi connectivity index (χ0) is 19.0. The van der Waals surface area contributed by atoms with Gasteiger partial charge in [0.15, 0.2) is 0 Å². The minimum atomic E-state index is -0.484. The van der Waals surface area contributed by atoms with Crippen molar-refractivity contribution in [2.24, 2.45) is 0 Å². The number of H-pyrrole nitrogens is 2. The van der Waals surface area contributed by atoms with Crippen molar-refractivity contribution in [1.82, 2.24) is 14.9 Å². The number of amides is 2. The summed E-state index contributed by atoms with van der Waals surface area (Å²) in [6.07, 6.45) is 1.40. The molecule has 2 heterocycles. The molecule has 1 saturated heterocycles. The second-order valence-corrected chi connectivity index (χ2v) is 6.72. The molecule has 0 unspecified atom stereocenters. The van der Waals surface area contributed by atoms with Crippen LogP contribution in [-0.4, -0.2) is 34.0 Å². The number of nitrogens with one attached hydrogen (secondary N) is 3. The first kappa shape index (κ1) is 17.3. The Balaban J connectivity index is 1.49. The fraction of sp³-hybridized carbons (Fsp3) is 0.263. The molecule has 6 nitrogen and oxygen atoms in total. The number of nitrogens with zero attached hydrogens (tertiary/aromatic N) is 1. The van der Waals surface area contributed by atoms with E-state index in [-0.39, 0.29) is 17.6 Å². The number of carbonyl (C=O) groups excluding carboxylic acids is 1. The van der Waals surface area contributed by atoms with Gasteiger partial charge in [0, 0.05) is 24.7 Å². The first-order valence-electron chi connectivity index (χ1n) is 8.72. The van der Waals surface area contributed by atoms with Gasteiger partial charge in [0.05, 0.1) is 11.0 Å². The van der Waals surface area contributed by atoms with Crippen molar-refractivity contribution in [3.8, 4) is 0 Å². The number of likely N-dealkylation sites (tertiary alicyclic amines) is 1. The predicted octanol–water partition coefficient (Wildman–Crippen LogP) is 3.55. The smallest absolute Gasteiger partial charge is 0.323 e. The number of piperidine rings is 1. The van der Waals surface area contributed by atoms with Crippen molar-refractivity contribution >= 4 is 22.8 Å². The highest BCUT2D eigenvalue weighted by atomic mass is 19.1. The molecule has 1 fully saturated rings. The highest BCUT2D eigenvalue weighted by molar-refractivity contribution is 5.92. The van der Waals surface area contributed by atoms with Crippen molar-refractivity contribution in [3.63, 3.8) is 0 Å². The van der Waals surface area contributed by atoms with E-state index in [1.807, 2.05) is 0 Å². The lowest BCUT2D eigenvalue weighted by molar-refractivity contribution is 0.192. The van der Waals surface area contributed by atoms with E-state index < -0.39 is 11.6 Å². The summed E-state index contributed by atoms with van der Waals surface area (Å²) in [5, 5.41) is 2.79. The number of aromatic nitrogens is 2. The first-order valence-corrected chi connectivity index (χ1v) is 8.72. The Morgan fingerprint density at radius 3 is 2.78 bits per heavy atom. The summed E-state index contributed by atoms with van der Waals surface area (Å²) in [5.74, 6) is -1.18. The topological polar surface area (TPSA) is 81.0 Å². The van der Waals surface area contributed by atoms with Gasteiger partial charge in [-0.1, -0.05) is 0 Å². The van der Waals surface area contributed by atoms with E-state index in [1.165, 1.54) is 6.07 Å². The number of benzene rings is 2. The fourth-order valence-corrected chi connectivity index (χ4v) is 3.56. The Morgan fingerprint density at radius 2 is 1.93 bits per heavy atom. The van der Waals surface area contributed by atoms with Crippen LogP contribution in [0.5, 0.6) is 0 Å². The molecule has 3 aromatic rings. The number of urea groups is 1. The zero-order valence-electron chi connectivity index (χ0n) is 14.4. The number of hydrogen-bond donors (Lipinski definition) is 3. The molecule has 140 valence electrons. The van der Waals surface area contributed by atoms with E-state index in [0.29, 0.717) is 48.2 Å². The van der Waals surface area contributed by atoms with Crippen LogP contribution in [0.25, 0.3) is 11.0 Å². The summed E-state index contributed by atoms with van der Waals surface area (Å²) in [6.45, 7) is 0.859. The van der Waals surface area contributed by atoms with Gasteiger partial charge in [-0.15, -0.1) is 0 Å². The Labute approximate surface area is 153 Å². The Morgan fingerprint density at radius 1 is 1.11 bits per heavy atom. The number of halogens is 2. The maximum Gasteiger partial charge on any atom is 0.323 e. The van der Waals surface area contributed by atoms with Crippen LogP contribution in [0.2, 0.25) is 0 Å². The van der Waals surface area contributed by atoms with Crippen molar-refractivity contribution < 1.29 is 13.6 Å². The highest BCUT2D eigenvalue weighted by Gasteiger charge is 2.27. The van der Waals surface area contributed by atoms with E-state index >= 15 is 0 Å². The quantitative estimate of drug-likeness (QED) is 0.643. The molecule has 2 amide bonds. The van der Waals surface area contributed by atoms with Gasteiger partial charge in [-0.2, -0.15) is 0 Å². The van der Waals surface area contributed by atoms with Crippen LogP contribution in [0.3, 0.4) is 0 Å². The van der Waals surface area contributed by atoms with Crippen LogP contribution in [-0.2, 0) is 0 Å². The predicted molar refractivity (Wildman–Crippen MR) is 97.8 cm³/mol. The van der Waals surface area contributed by atoms with E-state index in [9.17, 15) is 18.4 Å². The van der Waals surface area contributed by atoms with Gasteiger partial charge in [-0.05, 0) is 54.8 Å². The van der Waals surface area contributed by atoms with E-state index in [0.717, 1.165) is 12.1 Å². The van der Waals surface area contributed by atoms with Gasteiger partial charge in [-0.25, -0.2) is 18.4 Å². The van der Waals surface area contributed by atoms with E-state index in [4.69, 9.17) is 0 Å². The minimum Gasteiger partial charge on any atom is -0.324 e. The number of imidazole rings is 1. The molecule has 1 aliphatic heterocycles. The minimum absolute atomic E-state index is 0.247. The van der Waals surface area contributed by atoms with Crippen molar-refractivity contribution in [3.05, 3.63) is 64.1 Å². The molecule has 1 atom stereocenters. The van der Waals surface area contributed by atoms with Crippen LogP contribution < -0.4 is 11.0 Å². The lowest BCUT2D eigenvalue weighted by Crippen LogP contribution is -2.41. The summed E-state index contributed by atoms with van der Waals surface area (Å²) >= 11 is 0. The fourth-order valence-electron chi connectivity index (χ4n) is 3.56. The molecule has 0 spiro atoms. The SMILES string of the molecule is O=C(Nc1ccc2[nH]c(=O)[nH]c2c1)N1CCC[C@@H](c2cc(F)ccc2F)C1. The average Bonchev–Trinajstić information content (AvgIpc) is 3.03. The monoisotopic (exact) mass is 372 g/mol. The third kappa shape index (κ3) is 3.55. The molecule has 0 radical (unpaired) electrons. The zero-order valence-corrected chi connectivity index (χ0v) is 14.4. The number of carbonyl (C=O) groups is 1. The number of rotatable bonds is 2. The van der Waals surface area contributed by atoms with Crippen LogP contribution in [0.1, 0.15) is 24.3 Å². The van der Waals surface area contributed by atoms with Crippen LogP contribution in [0.4, 0.5) is 19.3 Å². The molecule has 0 bridgehead atoms. The summed E-state index contributed by atoms with van der Waals surface area (Å²) in [4.78, 5) is 30.8. The average molecular weight is 372 g/mol. The van der Waals surface area contributed by atoms with Crippen LogP contribution in [0.15, 0.2) is 41.2 Å². The number of anilines is 1. The molecule has 3 N–H and O–H groups in total. The van der Waals surface area contributed by atoms with Crippen molar-refractivity contribution in [2.75, 3.05) is 18.4 Å². The number of fused-ring (bicyclic) bond motifs is 1. The number of aromatic amines is 2. The summed E-state index contributed by atoms with van der Waals surface area (Å²) < 4.78 is 27.5. The molecular weight excluding hydrogens is 354 g/mol. The maximum atomic E-state index is 14.1. The van der Waals surface area contributed by atoms with Crippen LogP contribution in [0, 0.1) is 11.6 Å². The Bertz CT molecular complexity index is 1060. The molecular formula is C19H18F2N4O2. The van der Waals surface area contributed by atoms with E-state index in [1.54, 1.807) is 23.1 Å². The van der Waals surface area contributed by atoms with Gasteiger partial charge in [0.2, 0.25) is 0 Å². The standard InChI is InChI=1S/C19H18F2N4O2/c20-12-3-5-15(21)14(8-12)11-2-1-7-25(10-11)19(27)22-13-4-6-16-17(9-13)24-18(26)23-16/h3-6,8-9,11H,1-2,7,10H2,(H,22,27)(H2,23,24,26)/t11-/m1/s1. The Hall–Kier alpha value is -3.16. The molecule has 27 heavy (non-hydrogen) atoms. The van der Waals surface area contributed by atoms with Crippen molar-refractivity contribution in [1.29, 1.82) is 0 Å². The van der Waals surface area contributed by atoms with Gasteiger partial charge < -0.3 is 20.2 Å². The normalized spacial score (nSPS) is 17.3. The molecule has 4 rings (SSSR count). The van der Waals surface area contributed by atoms with Gasteiger partial charge >= 0.3 is 11.7 Å². The molecule has 0 aliphatic carbocycles. The third-order valence-electron chi connectivity index (χ3n) is 4.87. The Kier molecular flexibility index (Phi) is 4.39. The molecule has 0 saturated carbocycles. The van der Waals surface area contributed by atoms with Gasteiger partial charge in [-0.3, -0.25) is 0 Å². The molecule has 2 aromatic carbocycles. The second-order valence-electron chi connectivity index (χ2n) is 6.72. The molecule has 8 heteroatoms. The lowest BCUT2D eigenvalue weighted by atomic mass is 9.90. The maximum absolute atomic E-state index is 14.1. The van der Waals surface area contributed by atoms with Gasteiger partial charge in [0.1, 0.15) is 11.6 Å². The third-order valence-corrected chi connectivity index (χ3v) is 4.87.